The van der Waals surface area contributed by atoms with E-state index in [9.17, 15) is 4.79 Å². The van der Waals surface area contributed by atoms with Crippen molar-refractivity contribution in [3.8, 4) is 10.6 Å². The Bertz CT molecular complexity index is 1020. The Morgan fingerprint density at radius 1 is 1.04 bits per heavy atom. The maximum atomic E-state index is 12.7. The number of carbonyl (C=O) groups is 1. The van der Waals surface area contributed by atoms with Crippen molar-refractivity contribution >= 4 is 28.1 Å². The van der Waals surface area contributed by atoms with Crippen LogP contribution in [0.5, 0.6) is 0 Å². The van der Waals surface area contributed by atoms with Crippen LogP contribution in [-0.2, 0) is 11.3 Å². The fraction of sp³-hybridized carbons (Fsp3) is 0.136. The summed E-state index contributed by atoms with van der Waals surface area (Å²) in [5.41, 5.74) is 3.28. The van der Waals surface area contributed by atoms with E-state index in [2.05, 4.69) is 39.5 Å². The molecule has 0 fully saturated rings. The smallest absolute Gasteiger partial charge is 0.240 e. The molecule has 1 atom stereocenters. The van der Waals surface area contributed by atoms with Crippen molar-refractivity contribution in [1.82, 2.24) is 9.88 Å². The number of para-hydroxylation sites is 1. The minimum atomic E-state index is -0.0179. The Kier molecular flexibility index (Phi) is 4.59. The fourth-order valence-corrected chi connectivity index (χ4v) is 4.02. The number of nitrogens with zero attached hydrogens (tertiary/aromatic N) is 1. The molecule has 2 heterocycles. The number of nitrogens with one attached hydrogen (secondary N) is 1. The van der Waals surface area contributed by atoms with Gasteiger partial charge in [0.1, 0.15) is 6.54 Å². The molecular formula is C22H20N2OS. The summed E-state index contributed by atoms with van der Waals surface area (Å²) in [5, 5.41) is 6.33. The molecule has 4 aromatic rings. The molecule has 26 heavy (non-hydrogen) atoms. The number of hydrogen-bond donors (Lipinski definition) is 1. The second kappa shape index (κ2) is 7.18. The van der Waals surface area contributed by atoms with Crippen molar-refractivity contribution in [3.05, 3.63) is 83.7 Å². The van der Waals surface area contributed by atoms with Crippen LogP contribution in [0, 0.1) is 0 Å². The van der Waals surface area contributed by atoms with Gasteiger partial charge in [-0.1, -0.05) is 54.6 Å². The van der Waals surface area contributed by atoms with Gasteiger partial charge in [0.2, 0.25) is 5.91 Å². The molecule has 0 unspecified atom stereocenters. The first-order valence-electron chi connectivity index (χ1n) is 8.69. The van der Waals surface area contributed by atoms with Crippen LogP contribution in [0.25, 0.3) is 21.5 Å². The fourth-order valence-electron chi connectivity index (χ4n) is 3.26. The maximum Gasteiger partial charge on any atom is 0.240 e. The largest absolute Gasteiger partial charge is 0.348 e. The summed E-state index contributed by atoms with van der Waals surface area (Å²) in [5.74, 6) is 0.0144. The van der Waals surface area contributed by atoms with E-state index in [0.717, 1.165) is 22.2 Å². The molecule has 4 heteroatoms. The summed E-state index contributed by atoms with van der Waals surface area (Å²) < 4.78 is 2.11. The van der Waals surface area contributed by atoms with Crippen LogP contribution < -0.4 is 5.32 Å². The van der Waals surface area contributed by atoms with Crippen molar-refractivity contribution in [2.45, 2.75) is 19.5 Å². The number of hydrogen-bond acceptors (Lipinski definition) is 2. The average molecular weight is 360 g/mol. The Balaban J connectivity index is 1.62. The van der Waals surface area contributed by atoms with Crippen LogP contribution in [0.2, 0.25) is 0 Å². The van der Waals surface area contributed by atoms with Gasteiger partial charge in [0.15, 0.2) is 0 Å². The highest BCUT2D eigenvalue weighted by molar-refractivity contribution is 7.13. The van der Waals surface area contributed by atoms with Crippen molar-refractivity contribution in [1.29, 1.82) is 0 Å². The molecule has 0 aliphatic heterocycles. The Morgan fingerprint density at radius 3 is 2.58 bits per heavy atom. The number of rotatable bonds is 5. The minimum absolute atomic E-state index is 0.0144. The number of thiophene rings is 1. The highest BCUT2D eigenvalue weighted by Crippen LogP contribution is 2.31. The van der Waals surface area contributed by atoms with Gasteiger partial charge < -0.3 is 9.88 Å². The summed E-state index contributed by atoms with van der Waals surface area (Å²) in [4.78, 5) is 13.9. The summed E-state index contributed by atoms with van der Waals surface area (Å²) in [6.07, 6.45) is 0. The zero-order valence-electron chi connectivity index (χ0n) is 14.6. The Morgan fingerprint density at radius 2 is 1.81 bits per heavy atom. The van der Waals surface area contributed by atoms with Gasteiger partial charge in [-0.15, -0.1) is 11.3 Å². The third-order valence-electron chi connectivity index (χ3n) is 4.56. The molecule has 3 nitrogen and oxygen atoms in total. The molecule has 0 bridgehead atoms. The predicted molar refractivity (Wildman–Crippen MR) is 108 cm³/mol. The summed E-state index contributed by atoms with van der Waals surface area (Å²) in [7, 11) is 0. The Hall–Kier alpha value is -2.85. The van der Waals surface area contributed by atoms with Crippen LogP contribution in [0.4, 0.5) is 0 Å². The first kappa shape index (κ1) is 16.6. The topological polar surface area (TPSA) is 34.0 Å². The summed E-state index contributed by atoms with van der Waals surface area (Å²) >= 11 is 1.69. The van der Waals surface area contributed by atoms with Gasteiger partial charge in [-0.3, -0.25) is 4.79 Å². The quantitative estimate of drug-likeness (QED) is 0.518. The number of aromatic nitrogens is 1. The van der Waals surface area contributed by atoms with Crippen LogP contribution >= 0.6 is 11.3 Å². The Labute approximate surface area is 156 Å². The normalized spacial score (nSPS) is 12.2. The predicted octanol–water partition coefficient (Wildman–Crippen LogP) is 5.25. The molecule has 0 saturated carbocycles. The van der Waals surface area contributed by atoms with Crippen LogP contribution in [0.1, 0.15) is 18.5 Å². The van der Waals surface area contributed by atoms with Crippen molar-refractivity contribution in [3.63, 3.8) is 0 Å². The van der Waals surface area contributed by atoms with E-state index in [1.165, 1.54) is 4.88 Å². The van der Waals surface area contributed by atoms with E-state index in [4.69, 9.17) is 0 Å². The van der Waals surface area contributed by atoms with Gasteiger partial charge >= 0.3 is 0 Å². The van der Waals surface area contributed by atoms with Gasteiger partial charge in [-0.2, -0.15) is 0 Å². The van der Waals surface area contributed by atoms with E-state index in [-0.39, 0.29) is 11.9 Å². The van der Waals surface area contributed by atoms with E-state index in [1.54, 1.807) is 11.3 Å². The summed E-state index contributed by atoms with van der Waals surface area (Å²) in [6.45, 7) is 2.32. The third kappa shape index (κ3) is 3.28. The molecule has 0 spiro atoms. The van der Waals surface area contributed by atoms with Crippen molar-refractivity contribution in [2.75, 3.05) is 0 Å². The standard InChI is InChI=1S/C22H20N2OS/c1-16(17-8-3-2-4-9-17)23-22(25)15-24-19-11-6-5-10-18(19)14-20(24)21-12-7-13-26-21/h2-14,16H,15H2,1H3,(H,23,25)/t16-/m1/s1. The molecule has 4 rings (SSSR count). The first-order valence-corrected chi connectivity index (χ1v) is 9.57. The van der Waals surface area contributed by atoms with Gasteiger partial charge in [0.25, 0.3) is 0 Å². The molecule has 0 aliphatic carbocycles. The zero-order chi connectivity index (χ0) is 17.9. The maximum absolute atomic E-state index is 12.7. The number of fused-ring (bicyclic) bond motifs is 1. The lowest BCUT2D eigenvalue weighted by molar-refractivity contribution is -0.122. The van der Waals surface area contributed by atoms with Crippen LogP contribution in [-0.4, -0.2) is 10.5 Å². The molecule has 2 aromatic carbocycles. The second-order valence-electron chi connectivity index (χ2n) is 6.35. The monoisotopic (exact) mass is 360 g/mol. The minimum Gasteiger partial charge on any atom is -0.348 e. The van der Waals surface area contributed by atoms with E-state index in [0.29, 0.717) is 6.54 Å². The van der Waals surface area contributed by atoms with Crippen LogP contribution in [0.3, 0.4) is 0 Å². The molecule has 2 aromatic heterocycles. The highest BCUT2D eigenvalue weighted by Gasteiger charge is 2.15. The molecule has 0 aliphatic rings. The van der Waals surface area contributed by atoms with E-state index < -0.39 is 0 Å². The van der Waals surface area contributed by atoms with Crippen molar-refractivity contribution < 1.29 is 4.79 Å². The second-order valence-corrected chi connectivity index (χ2v) is 7.30. The van der Waals surface area contributed by atoms with Gasteiger partial charge in [0, 0.05) is 10.9 Å². The lowest BCUT2D eigenvalue weighted by Crippen LogP contribution is -2.30. The van der Waals surface area contributed by atoms with Gasteiger partial charge in [-0.25, -0.2) is 0 Å². The lowest BCUT2D eigenvalue weighted by atomic mass is 10.1. The molecule has 1 amide bonds. The van der Waals surface area contributed by atoms with Gasteiger partial charge in [0.05, 0.1) is 16.6 Å². The first-order chi connectivity index (χ1) is 12.7. The molecule has 0 saturated heterocycles. The summed E-state index contributed by atoms with van der Waals surface area (Å²) in [6, 6.07) is 24.5. The van der Waals surface area contributed by atoms with E-state index in [1.807, 2.05) is 55.5 Å². The SMILES string of the molecule is C[C@@H](NC(=O)Cn1c(-c2cccs2)cc2ccccc21)c1ccccc1. The van der Waals surface area contributed by atoms with Crippen molar-refractivity contribution in [2.24, 2.45) is 0 Å². The molecular weight excluding hydrogens is 340 g/mol. The zero-order valence-corrected chi connectivity index (χ0v) is 15.4. The third-order valence-corrected chi connectivity index (χ3v) is 5.46. The lowest BCUT2D eigenvalue weighted by Gasteiger charge is -2.16. The van der Waals surface area contributed by atoms with Gasteiger partial charge in [-0.05, 0) is 36.1 Å². The average Bonchev–Trinajstić information content (AvgIpc) is 3.31. The molecule has 130 valence electrons. The number of amides is 1. The molecule has 0 radical (unpaired) electrons. The molecule has 1 N–H and O–H groups in total. The van der Waals surface area contributed by atoms with E-state index >= 15 is 0 Å². The highest BCUT2D eigenvalue weighted by atomic mass is 32.1. The van der Waals surface area contributed by atoms with Crippen LogP contribution in [0.15, 0.2) is 78.2 Å². The number of benzene rings is 2. The number of carbonyl (C=O) groups excluding carboxylic acids is 1.